The summed E-state index contributed by atoms with van der Waals surface area (Å²) in [7, 11) is 0. The van der Waals surface area contributed by atoms with Gasteiger partial charge in [-0.15, -0.1) is 11.3 Å². The predicted octanol–water partition coefficient (Wildman–Crippen LogP) is 3.47. The molecular formula is C16H18F2N2S. The summed E-state index contributed by atoms with van der Waals surface area (Å²) in [6.07, 6.45) is 1.78. The Bertz CT molecular complexity index is 606. The second-order valence-corrected chi connectivity index (χ2v) is 6.49. The molecule has 0 aliphatic carbocycles. The highest BCUT2D eigenvalue weighted by atomic mass is 32.1. The van der Waals surface area contributed by atoms with Crippen LogP contribution in [-0.2, 0) is 13.0 Å². The molecule has 5 heteroatoms. The smallest absolute Gasteiger partial charge is 0.126 e. The summed E-state index contributed by atoms with van der Waals surface area (Å²) in [6.45, 7) is 2.81. The number of halogens is 2. The van der Waals surface area contributed by atoms with E-state index in [2.05, 4.69) is 16.3 Å². The molecule has 1 unspecified atom stereocenters. The van der Waals surface area contributed by atoms with E-state index in [4.69, 9.17) is 5.73 Å². The van der Waals surface area contributed by atoms with E-state index in [1.807, 2.05) is 11.3 Å². The summed E-state index contributed by atoms with van der Waals surface area (Å²) in [5.74, 6) is -1.14. The Morgan fingerprint density at radius 1 is 1.24 bits per heavy atom. The number of nitrogens with two attached hydrogens (primary N) is 1. The van der Waals surface area contributed by atoms with Crippen molar-refractivity contribution in [3.8, 4) is 0 Å². The van der Waals surface area contributed by atoms with E-state index in [1.165, 1.54) is 22.6 Å². The maximum absolute atomic E-state index is 13.2. The lowest BCUT2D eigenvalue weighted by Gasteiger charge is -2.27. The molecule has 0 amide bonds. The molecule has 1 aliphatic heterocycles. The van der Waals surface area contributed by atoms with E-state index in [1.54, 1.807) is 0 Å². The lowest BCUT2D eigenvalue weighted by atomic mass is 10.0. The van der Waals surface area contributed by atoms with Crippen molar-refractivity contribution in [3.63, 3.8) is 0 Å². The van der Waals surface area contributed by atoms with Gasteiger partial charge in [-0.3, -0.25) is 4.90 Å². The molecule has 1 atom stereocenters. The third-order valence-corrected chi connectivity index (χ3v) is 4.98. The average molecular weight is 308 g/mol. The Hall–Kier alpha value is -1.30. The van der Waals surface area contributed by atoms with Gasteiger partial charge in [0.25, 0.3) is 0 Å². The van der Waals surface area contributed by atoms with Crippen LogP contribution in [0.1, 0.15) is 28.5 Å². The summed E-state index contributed by atoms with van der Waals surface area (Å²) < 4.78 is 26.4. The van der Waals surface area contributed by atoms with E-state index in [-0.39, 0.29) is 6.04 Å². The van der Waals surface area contributed by atoms with Crippen LogP contribution in [0.5, 0.6) is 0 Å². The molecule has 3 rings (SSSR count). The Balaban J connectivity index is 1.58. The van der Waals surface area contributed by atoms with Crippen LogP contribution in [0.25, 0.3) is 0 Å². The van der Waals surface area contributed by atoms with Gasteiger partial charge in [-0.2, -0.15) is 0 Å². The minimum Gasteiger partial charge on any atom is -0.324 e. The molecule has 0 saturated carbocycles. The molecule has 2 N–H and O–H groups in total. The lowest BCUT2D eigenvalue weighted by molar-refractivity contribution is 0.246. The van der Waals surface area contributed by atoms with Gasteiger partial charge in [0.15, 0.2) is 0 Å². The highest BCUT2D eigenvalue weighted by molar-refractivity contribution is 7.10. The van der Waals surface area contributed by atoms with Crippen molar-refractivity contribution < 1.29 is 8.78 Å². The number of hydrogen-bond acceptors (Lipinski definition) is 3. The standard InChI is InChI=1S/C16H18F2N2S/c17-13-7-12(8-14(18)9-13)15(19)1-4-20-5-2-16-11(10-20)3-6-21-16/h3,6-9,15H,1-2,4-5,10,19H2. The SMILES string of the molecule is NC(CCN1CCc2sccc2C1)c1cc(F)cc(F)c1. The summed E-state index contributed by atoms with van der Waals surface area (Å²) in [4.78, 5) is 3.83. The molecule has 1 aliphatic rings. The van der Waals surface area contributed by atoms with Crippen molar-refractivity contribution in [2.75, 3.05) is 13.1 Å². The summed E-state index contributed by atoms with van der Waals surface area (Å²) >= 11 is 1.82. The first-order valence-corrected chi connectivity index (χ1v) is 7.99. The maximum Gasteiger partial charge on any atom is 0.126 e. The van der Waals surface area contributed by atoms with Crippen LogP contribution in [0.2, 0.25) is 0 Å². The van der Waals surface area contributed by atoms with Crippen LogP contribution in [0.4, 0.5) is 8.78 Å². The number of rotatable bonds is 4. The van der Waals surface area contributed by atoms with Crippen LogP contribution in [0.15, 0.2) is 29.6 Å². The molecule has 1 aromatic carbocycles. The molecule has 0 saturated heterocycles. The van der Waals surface area contributed by atoms with Crippen molar-refractivity contribution >= 4 is 11.3 Å². The molecule has 2 aromatic rings. The minimum atomic E-state index is -0.568. The van der Waals surface area contributed by atoms with Crippen molar-refractivity contribution in [1.29, 1.82) is 0 Å². The van der Waals surface area contributed by atoms with Crippen LogP contribution >= 0.6 is 11.3 Å². The Morgan fingerprint density at radius 3 is 2.76 bits per heavy atom. The fourth-order valence-corrected chi connectivity index (χ4v) is 3.67. The van der Waals surface area contributed by atoms with Gasteiger partial charge in [-0.25, -0.2) is 8.78 Å². The first-order chi connectivity index (χ1) is 10.1. The van der Waals surface area contributed by atoms with E-state index < -0.39 is 11.6 Å². The van der Waals surface area contributed by atoms with Crippen LogP contribution in [-0.4, -0.2) is 18.0 Å². The largest absolute Gasteiger partial charge is 0.324 e. The van der Waals surface area contributed by atoms with E-state index in [0.717, 1.165) is 32.1 Å². The van der Waals surface area contributed by atoms with Crippen molar-refractivity contribution in [2.45, 2.75) is 25.4 Å². The monoisotopic (exact) mass is 308 g/mol. The summed E-state index contributed by atoms with van der Waals surface area (Å²) in [6, 6.07) is 5.36. The van der Waals surface area contributed by atoms with E-state index in [9.17, 15) is 8.78 Å². The van der Waals surface area contributed by atoms with Crippen molar-refractivity contribution in [2.24, 2.45) is 5.73 Å². The number of fused-ring (bicyclic) bond motifs is 1. The molecule has 0 radical (unpaired) electrons. The molecule has 112 valence electrons. The van der Waals surface area contributed by atoms with Crippen LogP contribution in [0, 0.1) is 11.6 Å². The zero-order valence-electron chi connectivity index (χ0n) is 11.7. The molecule has 0 bridgehead atoms. The normalized spacial score (nSPS) is 16.7. The van der Waals surface area contributed by atoms with Crippen LogP contribution in [0.3, 0.4) is 0 Å². The second kappa shape index (κ2) is 6.22. The average Bonchev–Trinajstić information content (AvgIpc) is 2.91. The first kappa shape index (κ1) is 14.6. The molecule has 0 spiro atoms. The van der Waals surface area contributed by atoms with E-state index >= 15 is 0 Å². The van der Waals surface area contributed by atoms with Gasteiger partial charge in [0.2, 0.25) is 0 Å². The van der Waals surface area contributed by atoms with Gasteiger partial charge in [0.05, 0.1) is 0 Å². The van der Waals surface area contributed by atoms with Crippen LogP contribution < -0.4 is 5.73 Å². The summed E-state index contributed by atoms with van der Waals surface area (Å²) in [5.41, 5.74) is 7.99. The molecule has 1 aromatic heterocycles. The molecule has 2 heterocycles. The van der Waals surface area contributed by atoms with Crippen molar-refractivity contribution in [3.05, 3.63) is 57.3 Å². The Kier molecular flexibility index (Phi) is 4.33. The first-order valence-electron chi connectivity index (χ1n) is 7.11. The van der Waals surface area contributed by atoms with Gasteiger partial charge in [-0.1, -0.05) is 0 Å². The Morgan fingerprint density at radius 2 is 2.00 bits per heavy atom. The van der Waals surface area contributed by atoms with Crippen molar-refractivity contribution in [1.82, 2.24) is 4.90 Å². The topological polar surface area (TPSA) is 29.3 Å². The van der Waals surface area contributed by atoms with Gasteiger partial charge < -0.3 is 5.73 Å². The number of thiophene rings is 1. The predicted molar refractivity (Wildman–Crippen MR) is 81.2 cm³/mol. The van der Waals surface area contributed by atoms with E-state index in [0.29, 0.717) is 12.0 Å². The maximum atomic E-state index is 13.2. The molecular weight excluding hydrogens is 290 g/mol. The third-order valence-electron chi connectivity index (χ3n) is 3.96. The highest BCUT2D eigenvalue weighted by Crippen LogP contribution is 2.25. The minimum absolute atomic E-state index is 0.334. The van der Waals surface area contributed by atoms with Gasteiger partial charge in [-0.05, 0) is 47.5 Å². The number of benzene rings is 1. The quantitative estimate of drug-likeness (QED) is 0.937. The number of hydrogen-bond donors (Lipinski definition) is 1. The second-order valence-electron chi connectivity index (χ2n) is 5.49. The highest BCUT2D eigenvalue weighted by Gasteiger charge is 2.18. The lowest BCUT2D eigenvalue weighted by Crippen LogP contribution is -2.32. The fraction of sp³-hybridized carbons (Fsp3) is 0.375. The summed E-state index contributed by atoms with van der Waals surface area (Å²) in [5, 5.41) is 2.13. The molecule has 0 fully saturated rings. The number of nitrogens with zero attached hydrogens (tertiary/aromatic N) is 1. The van der Waals surface area contributed by atoms with Gasteiger partial charge in [0.1, 0.15) is 11.6 Å². The zero-order valence-corrected chi connectivity index (χ0v) is 12.5. The van der Waals surface area contributed by atoms with Gasteiger partial charge >= 0.3 is 0 Å². The zero-order chi connectivity index (χ0) is 14.8. The Labute approximate surface area is 127 Å². The molecule has 2 nitrogen and oxygen atoms in total. The molecule has 21 heavy (non-hydrogen) atoms. The van der Waals surface area contributed by atoms with Gasteiger partial charge in [0, 0.05) is 36.6 Å². The third kappa shape index (κ3) is 3.48. The fourth-order valence-electron chi connectivity index (χ4n) is 2.78.